The van der Waals surface area contributed by atoms with Crippen LogP contribution in [-0.4, -0.2) is 26.7 Å². The fraction of sp³-hybridized carbons (Fsp3) is 0.588. The van der Waals surface area contributed by atoms with Crippen LogP contribution in [0.15, 0.2) is 29.2 Å². The van der Waals surface area contributed by atoms with Crippen molar-refractivity contribution in [2.45, 2.75) is 63.4 Å². The van der Waals surface area contributed by atoms with Crippen LogP contribution in [0, 0.1) is 0 Å². The Bertz CT molecular complexity index is 597. The second kappa shape index (κ2) is 8.91. The summed E-state index contributed by atoms with van der Waals surface area (Å²) >= 11 is 0. The monoisotopic (exact) mass is 340 g/mol. The summed E-state index contributed by atoms with van der Waals surface area (Å²) in [5.41, 5.74) is 0.867. The molecular formula is C17H28N2O3S. The molecule has 0 heterocycles. The molecule has 6 heteroatoms. The lowest BCUT2D eigenvalue weighted by Gasteiger charge is -2.18. The average Bonchev–Trinajstić information content (AvgIpc) is 2.46. The number of rotatable bonds is 8. The minimum atomic E-state index is -3.20. The van der Waals surface area contributed by atoms with E-state index in [0.717, 1.165) is 18.4 Å². The molecule has 0 radical (unpaired) electrons. The number of carbonyl (C=O) groups is 1. The molecule has 0 aliphatic carbocycles. The van der Waals surface area contributed by atoms with Gasteiger partial charge in [0, 0.05) is 12.3 Å². The first-order chi connectivity index (χ1) is 10.7. The molecule has 2 N–H and O–H groups in total. The summed E-state index contributed by atoms with van der Waals surface area (Å²) in [7, 11) is -3.20. The van der Waals surface area contributed by atoms with Crippen LogP contribution in [0.1, 0.15) is 58.1 Å². The Labute approximate surface area is 139 Å². The van der Waals surface area contributed by atoms with Gasteiger partial charge in [-0.15, -0.1) is 0 Å². The molecule has 0 aliphatic rings. The van der Waals surface area contributed by atoms with Gasteiger partial charge in [0.05, 0.1) is 10.9 Å². The molecule has 0 bridgehead atoms. The number of urea groups is 1. The van der Waals surface area contributed by atoms with Gasteiger partial charge >= 0.3 is 6.03 Å². The summed E-state index contributed by atoms with van der Waals surface area (Å²) in [4.78, 5) is 12.3. The first-order valence-electron chi connectivity index (χ1n) is 8.11. The molecule has 1 aromatic carbocycles. The van der Waals surface area contributed by atoms with Gasteiger partial charge in [-0.2, -0.15) is 0 Å². The second-order valence-corrected chi connectivity index (χ2v) is 8.09. The third kappa shape index (κ3) is 7.03. The third-order valence-corrected chi connectivity index (χ3v) is 4.90. The molecule has 2 unspecified atom stereocenters. The van der Waals surface area contributed by atoms with Crippen LogP contribution in [0.3, 0.4) is 0 Å². The summed E-state index contributed by atoms with van der Waals surface area (Å²) in [6, 6.07) is 6.33. The van der Waals surface area contributed by atoms with Crippen LogP contribution < -0.4 is 10.6 Å². The number of benzene rings is 1. The highest BCUT2D eigenvalue weighted by Crippen LogP contribution is 2.16. The summed E-state index contributed by atoms with van der Waals surface area (Å²) < 4.78 is 22.9. The quantitative estimate of drug-likeness (QED) is 0.712. The molecule has 0 saturated carbocycles. The fourth-order valence-electron chi connectivity index (χ4n) is 2.32. The normalized spacial score (nSPS) is 14.1. The number of unbranched alkanes of at least 4 members (excludes halogenated alkanes) is 2. The molecule has 0 fully saturated rings. The molecule has 0 aliphatic heterocycles. The molecule has 2 amide bonds. The van der Waals surface area contributed by atoms with Gasteiger partial charge in [-0.3, -0.25) is 0 Å². The molecule has 23 heavy (non-hydrogen) atoms. The minimum absolute atomic E-state index is 0.140. The predicted octanol–water partition coefficient (Wildman–Crippen LogP) is 3.42. The topological polar surface area (TPSA) is 75.3 Å². The summed E-state index contributed by atoms with van der Waals surface area (Å²) in [6.45, 7) is 6.03. The van der Waals surface area contributed by atoms with E-state index in [2.05, 4.69) is 17.6 Å². The lowest BCUT2D eigenvalue weighted by molar-refractivity contribution is 0.234. The Morgan fingerprint density at radius 2 is 1.70 bits per heavy atom. The van der Waals surface area contributed by atoms with Crippen molar-refractivity contribution in [3.05, 3.63) is 29.8 Å². The fourth-order valence-corrected chi connectivity index (χ4v) is 2.95. The zero-order valence-corrected chi connectivity index (χ0v) is 15.2. The highest BCUT2D eigenvalue weighted by atomic mass is 32.2. The van der Waals surface area contributed by atoms with Gasteiger partial charge in [0.25, 0.3) is 0 Å². The van der Waals surface area contributed by atoms with Gasteiger partial charge in [-0.05, 0) is 38.0 Å². The Balaban J connectivity index is 2.52. The molecule has 1 aromatic rings. The van der Waals surface area contributed by atoms with E-state index in [-0.39, 0.29) is 23.0 Å². The molecule has 1 rings (SSSR count). The van der Waals surface area contributed by atoms with Gasteiger partial charge in [-0.1, -0.05) is 38.3 Å². The van der Waals surface area contributed by atoms with Crippen molar-refractivity contribution < 1.29 is 13.2 Å². The van der Waals surface area contributed by atoms with E-state index in [1.165, 1.54) is 19.1 Å². The smallest absolute Gasteiger partial charge is 0.315 e. The van der Waals surface area contributed by atoms with Gasteiger partial charge in [0.2, 0.25) is 0 Å². The molecule has 0 spiro atoms. The van der Waals surface area contributed by atoms with Crippen molar-refractivity contribution >= 4 is 15.9 Å². The van der Waals surface area contributed by atoms with Crippen molar-refractivity contribution in [2.75, 3.05) is 6.26 Å². The Morgan fingerprint density at radius 1 is 1.09 bits per heavy atom. The van der Waals surface area contributed by atoms with E-state index < -0.39 is 9.84 Å². The van der Waals surface area contributed by atoms with Gasteiger partial charge < -0.3 is 10.6 Å². The number of carbonyl (C=O) groups excluding carboxylic acids is 1. The number of hydrogen-bond donors (Lipinski definition) is 2. The van der Waals surface area contributed by atoms with E-state index in [1.807, 2.05) is 13.8 Å². The summed E-state index contributed by atoms with van der Waals surface area (Å²) in [5, 5.41) is 5.81. The highest BCUT2D eigenvalue weighted by Gasteiger charge is 2.13. The number of hydrogen-bond acceptors (Lipinski definition) is 3. The standard InChI is InChI=1S/C17H28N2O3S/c1-5-6-7-8-13(2)18-17(20)19-14(3)15-9-11-16(12-10-15)23(4,21)22/h9-14H,5-8H2,1-4H3,(H2,18,19,20). The Morgan fingerprint density at radius 3 is 2.22 bits per heavy atom. The highest BCUT2D eigenvalue weighted by molar-refractivity contribution is 7.90. The molecule has 130 valence electrons. The number of nitrogens with one attached hydrogen (secondary N) is 2. The first-order valence-corrected chi connectivity index (χ1v) is 10.00. The van der Waals surface area contributed by atoms with Crippen molar-refractivity contribution in [1.82, 2.24) is 10.6 Å². The van der Waals surface area contributed by atoms with Crippen LogP contribution >= 0.6 is 0 Å². The van der Waals surface area contributed by atoms with Crippen molar-refractivity contribution in [3.63, 3.8) is 0 Å². The molecular weight excluding hydrogens is 312 g/mol. The van der Waals surface area contributed by atoms with E-state index in [0.29, 0.717) is 0 Å². The lowest BCUT2D eigenvalue weighted by Crippen LogP contribution is -2.41. The zero-order chi connectivity index (χ0) is 17.5. The molecule has 0 aromatic heterocycles. The van der Waals surface area contributed by atoms with Crippen LogP contribution in [-0.2, 0) is 9.84 Å². The maximum atomic E-state index is 12.0. The van der Waals surface area contributed by atoms with Gasteiger partial charge in [0.15, 0.2) is 9.84 Å². The van der Waals surface area contributed by atoms with Crippen LogP contribution in [0.5, 0.6) is 0 Å². The zero-order valence-electron chi connectivity index (χ0n) is 14.4. The van der Waals surface area contributed by atoms with Crippen molar-refractivity contribution in [3.8, 4) is 0 Å². The van der Waals surface area contributed by atoms with E-state index in [4.69, 9.17) is 0 Å². The minimum Gasteiger partial charge on any atom is -0.336 e. The molecule has 2 atom stereocenters. The van der Waals surface area contributed by atoms with Crippen LogP contribution in [0.2, 0.25) is 0 Å². The van der Waals surface area contributed by atoms with Crippen molar-refractivity contribution in [2.24, 2.45) is 0 Å². The SMILES string of the molecule is CCCCCC(C)NC(=O)NC(C)c1ccc(S(C)(=O)=O)cc1. The number of amides is 2. The summed E-state index contributed by atoms with van der Waals surface area (Å²) in [5.74, 6) is 0. The van der Waals surface area contributed by atoms with Gasteiger partial charge in [-0.25, -0.2) is 13.2 Å². The third-order valence-electron chi connectivity index (χ3n) is 3.77. The summed E-state index contributed by atoms with van der Waals surface area (Å²) in [6.07, 6.45) is 5.60. The second-order valence-electron chi connectivity index (χ2n) is 6.08. The maximum absolute atomic E-state index is 12.0. The predicted molar refractivity (Wildman–Crippen MR) is 93.2 cm³/mol. The van der Waals surface area contributed by atoms with E-state index in [1.54, 1.807) is 24.3 Å². The number of sulfone groups is 1. The largest absolute Gasteiger partial charge is 0.336 e. The Hall–Kier alpha value is -1.56. The van der Waals surface area contributed by atoms with Crippen LogP contribution in [0.25, 0.3) is 0 Å². The first kappa shape index (κ1) is 19.5. The van der Waals surface area contributed by atoms with Crippen molar-refractivity contribution in [1.29, 1.82) is 0 Å². The van der Waals surface area contributed by atoms with Gasteiger partial charge in [0.1, 0.15) is 0 Å². The average molecular weight is 340 g/mol. The molecule has 5 nitrogen and oxygen atoms in total. The molecule has 0 saturated heterocycles. The van der Waals surface area contributed by atoms with Crippen LogP contribution in [0.4, 0.5) is 4.79 Å². The van der Waals surface area contributed by atoms with E-state index >= 15 is 0 Å². The van der Waals surface area contributed by atoms with E-state index in [9.17, 15) is 13.2 Å². The maximum Gasteiger partial charge on any atom is 0.315 e. The Kier molecular flexibility index (Phi) is 7.55. The lowest BCUT2D eigenvalue weighted by atomic mass is 10.1.